The molecule has 0 aliphatic heterocycles. The predicted octanol–water partition coefficient (Wildman–Crippen LogP) is 2.06. The van der Waals surface area contributed by atoms with Crippen molar-refractivity contribution in [3.05, 3.63) is 35.4 Å². The number of hydrogen-bond acceptors (Lipinski definition) is 3. The summed E-state index contributed by atoms with van der Waals surface area (Å²) in [7, 11) is 4.23. The van der Waals surface area contributed by atoms with Crippen LogP contribution in [0.2, 0.25) is 0 Å². The number of rotatable bonds is 4. The molecule has 2 unspecified atom stereocenters. The molecule has 0 bridgehead atoms. The van der Waals surface area contributed by atoms with Gasteiger partial charge in [0.1, 0.15) is 0 Å². The lowest BCUT2D eigenvalue weighted by Crippen LogP contribution is -2.46. The molecule has 0 radical (unpaired) electrons. The number of urea groups is 1. The first-order valence-electron chi connectivity index (χ1n) is 9.00. The Labute approximate surface area is 144 Å². The SMILES string of the molecule is CN(C)CC1CCC(NC(=O)NC2c3ccccc3CC2O)CC1. The van der Waals surface area contributed by atoms with Crippen molar-refractivity contribution in [2.24, 2.45) is 5.92 Å². The number of carbonyl (C=O) groups is 1. The van der Waals surface area contributed by atoms with Crippen molar-refractivity contribution >= 4 is 6.03 Å². The maximum absolute atomic E-state index is 12.3. The van der Waals surface area contributed by atoms with Crippen molar-refractivity contribution < 1.29 is 9.90 Å². The topological polar surface area (TPSA) is 64.6 Å². The molecule has 2 amide bonds. The van der Waals surface area contributed by atoms with E-state index < -0.39 is 6.10 Å². The fourth-order valence-electron chi connectivity index (χ4n) is 4.12. The van der Waals surface area contributed by atoms with E-state index in [-0.39, 0.29) is 18.1 Å². The standard InChI is InChI=1S/C19H29N3O2/c1-22(2)12-13-7-9-15(10-8-13)20-19(24)21-18-16-6-4-3-5-14(16)11-17(18)23/h3-6,13,15,17-18,23H,7-12H2,1-2H3,(H2,20,21,24). The first-order valence-corrected chi connectivity index (χ1v) is 9.00. The summed E-state index contributed by atoms with van der Waals surface area (Å²) in [6.45, 7) is 1.13. The van der Waals surface area contributed by atoms with Crippen molar-refractivity contribution in [2.75, 3.05) is 20.6 Å². The van der Waals surface area contributed by atoms with Crippen molar-refractivity contribution in [3.63, 3.8) is 0 Å². The van der Waals surface area contributed by atoms with Gasteiger partial charge in [-0.15, -0.1) is 0 Å². The van der Waals surface area contributed by atoms with Gasteiger partial charge in [-0.1, -0.05) is 24.3 Å². The minimum Gasteiger partial charge on any atom is -0.390 e. The van der Waals surface area contributed by atoms with Crippen LogP contribution in [0.25, 0.3) is 0 Å². The summed E-state index contributed by atoms with van der Waals surface area (Å²) < 4.78 is 0. The Morgan fingerprint density at radius 2 is 1.88 bits per heavy atom. The zero-order valence-corrected chi connectivity index (χ0v) is 14.7. The summed E-state index contributed by atoms with van der Waals surface area (Å²) >= 11 is 0. The molecule has 3 rings (SSSR count). The van der Waals surface area contributed by atoms with Crippen LogP contribution in [-0.4, -0.2) is 48.8 Å². The van der Waals surface area contributed by atoms with Gasteiger partial charge in [0, 0.05) is 19.0 Å². The van der Waals surface area contributed by atoms with E-state index in [1.54, 1.807) is 0 Å². The maximum Gasteiger partial charge on any atom is 0.315 e. The van der Waals surface area contributed by atoms with E-state index in [4.69, 9.17) is 0 Å². The summed E-state index contributed by atoms with van der Waals surface area (Å²) in [6, 6.07) is 7.72. The predicted molar refractivity (Wildman–Crippen MR) is 94.9 cm³/mol. The van der Waals surface area contributed by atoms with Crippen LogP contribution in [0.3, 0.4) is 0 Å². The number of nitrogens with zero attached hydrogens (tertiary/aromatic N) is 1. The monoisotopic (exact) mass is 331 g/mol. The number of aliphatic hydroxyl groups is 1. The summed E-state index contributed by atoms with van der Waals surface area (Å²) in [5.41, 5.74) is 2.16. The van der Waals surface area contributed by atoms with Crippen LogP contribution < -0.4 is 10.6 Å². The molecule has 5 heteroatoms. The molecule has 0 aromatic heterocycles. The fourth-order valence-corrected chi connectivity index (χ4v) is 4.12. The molecule has 2 aliphatic carbocycles. The second-order valence-electron chi connectivity index (χ2n) is 7.55. The zero-order chi connectivity index (χ0) is 17.1. The minimum absolute atomic E-state index is 0.160. The second-order valence-corrected chi connectivity index (χ2v) is 7.55. The van der Waals surface area contributed by atoms with Gasteiger partial charge in [0.15, 0.2) is 0 Å². The van der Waals surface area contributed by atoms with Crippen molar-refractivity contribution in [3.8, 4) is 0 Å². The Balaban J connectivity index is 1.49. The van der Waals surface area contributed by atoms with Crippen LogP contribution in [0.15, 0.2) is 24.3 Å². The highest BCUT2D eigenvalue weighted by atomic mass is 16.3. The van der Waals surface area contributed by atoms with Gasteiger partial charge in [0.25, 0.3) is 0 Å². The molecule has 1 saturated carbocycles. The highest BCUT2D eigenvalue weighted by molar-refractivity contribution is 5.75. The molecule has 24 heavy (non-hydrogen) atoms. The molecule has 3 N–H and O–H groups in total. The van der Waals surface area contributed by atoms with Gasteiger partial charge >= 0.3 is 6.03 Å². The Morgan fingerprint density at radius 1 is 1.17 bits per heavy atom. The maximum atomic E-state index is 12.3. The quantitative estimate of drug-likeness (QED) is 0.791. The van der Waals surface area contributed by atoms with Gasteiger partial charge < -0.3 is 20.6 Å². The highest BCUT2D eigenvalue weighted by Crippen LogP contribution is 2.31. The lowest BCUT2D eigenvalue weighted by molar-refractivity contribution is 0.141. The third-order valence-corrected chi connectivity index (χ3v) is 5.30. The molecule has 2 aliphatic rings. The van der Waals surface area contributed by atoms with Gasteiger partial charge in [0.2, 0.25) is 0 Å². The summed E-state index contributed by atoms with van der Waals surface area (Å²) in [5.74, 6) is 0.740. The fraction of sp³-hybridized carbons (Fsp3) is 0.632. The second kappa shape index (κ2) is 7.53. The average Bonchev–Trinajstić information content (AvgIpc) is 2.85. The molecule has 1 aromatic rings. The third-order valence-electron chi connectivity index (χ3n) is 5.30. The molecule has 0 spiro atoms. The molecule has 5 nitrogen and oxygen atoms in total. The number of amides is 2. The van der Waals surface area contributed by atoms with Gasteiger partial charge in [-0.25, -0.2) is 4.79 Å². The van der Waals surface area contributed by atoms with E-state index in [0.29, 0.717) is 6.42 Å². The molecule has 0 saturated heterocycles. The first kappa shape index (κ1) is 17.2. The van der Waals surface area contributed by atoms with Crippen molar-refractivity contribution in [2.45, 2.75) is 50.3 Å². The largest absolute Gasteiger partial charge is 0.390 e. The van der Waals surface area contributed by atoms with Crippen LogP contribution in [-0.2, 0) is 6.42 Å². The number of hydrogen-bond donors (Lipinski definition) is 3. The summed E-state index contributed by atoms with van der Waals surface area (Å²) in [6.07, 6.45) is 4.47. The Morgan fingerprint density at radius 3 is 2.58 bits per heavy atom. The Hall–Kier alpha value is -1.59. The molecule has 1 fully saturated rings. The van der Waals surface area contributed by atoms with Crippen LogP contribution in [0.1, 0.15) is 42.9 Å². The van der Waals surface area contributed by atoms with Crippen LogP contribution >= 0.6 is 0 Å². The van der Waals surface area contributed by atoms with Crippen LogP contribution in [0.4, 0.5) is 4.79 Å². The van der Waals surface area contributed by atoms with E-state index in [9.17, 15) is 9.90 Å². The van der Waals surface area contributed by atoms with Gasteiger partial charge in [-0.05, 0) is 56.8 Å². The highest BCUT2D eigenvalue weighted by Gasteiger charge is 2.32. The van der Waals surface area contributed by atoms with E-state index in [0.717, 1.165) is 49.3 Å². The molecule has 1 aromatic carbocycles. The van der Waals surface area contributed by atoms with E-state index >= 15 is 0 Å². The van der Waals surface area contributed by atoms with Crippen molar-refractivity contribution in [1.82, 2.24) is 15.5 Å². The zero-order valence-electron chi connectivity index (χ0n) is 14.7. The van der Waals surface area contributed by atoms with Crippen LogP contribution in [0.5, 0.6) is 0 Å². The number of nitrogens with one attached hydrogen (secondary N) is 2. The van der Waals surface area contributed by atoms with Gasteiger partial charge in [0.05, 0.1) is 12.1 Å². The third kappa shape index (κ3) is 4.08. The number of aliphatic hydroxyl groups excluding tert-OH is 1. The Kier molecular flexibility index (Phi) is 5.41. The minimum atomic E-state index is -0.538. The lowest BCUT2D eigenvalue weighted by atomic mass is 9.86. The molecule has 0 heterocycles. The molecule has 2 atom stereocenters. The number of fused-ring (bicyclic) bond motifs is 1. The van der Waals surface area contributed by atoms with E-state index in [2.05, 4.69) is 29.6 Å². The Bertz CT molecular complexity index is 567. The number of carbonyl (C=O) groups excluding carboxylic acids is 1. The summed E-state index contributed by atoms with van der Waals surface area (Å²) in [4.78, 5) is 14.6. The van der Waals surface area contributed by atoms with E-state index in [1.807, 2.05) is 24.3 Å². The molecular weight excluding hydrogens is 302 g/mol. The average molecular weight is 331 g/mol. The molecule has 132 valence electrons. The smallest absolute Gasteiger partial charge is 0.315 e. The number of benzene rings is 1. The van der Waals surface area contributed by atoms with Crippen molar-refractivity contribution in [1.29, 1.82) is 0 Å². The lowest BCUT2D eigenvalue weighted by Gasteiger charge is -2.31. The van der Waals surface area contributed by atoms with Gasteiger partial charge in [-0.2, -0.15) is 0 Å². The van der Waals surface area contributed by atoms with E-state index in [1.165, 1.54) is 0 Å². The first-order chi connectivity index (χ1) is 11.5. The normalized spacial score (nSPS) is 29.3. The van der Waals surface area contributed by atoms with Gasteiger partial charge in [-0.3, -0.25) is 0 Å². The van der Waals surface area contributed by atoms with Crippen LogP contribution in [0, 0.1) is 5.92 Å². The molecular formula is C19H29N3O2. The summed E-state index contributed by atoms with van der Waals surface area (Å²) in [5, 5.41) is 16.3.